The number of esters is 1. The van der Waals surface area contributed by atoms with Crippen LogP contribution in [0, 0.1) is 5.82 Å². The first kappa shape index (κ1) is 38.1. The molecule has 1 atom stereocenters. The topological polar surface area (TPSA) is 156 Å². The molecule has 5 aromatic rings. The summed E-state index contributed by atoms with van der Waals surface area (Å²) in [7, 11) is -3.29. The molecule has 278 valence electrons. The van der Waals surface area contributed by atoms with Crippen LogP contribution in [0.2, 0.25) is 0 Å². The molecule has 0 aliphatic carbocycles. The summed E-state index contributed by atoms with van der Waals surface area (Å²) in [6, 6.07) is 9.80. The molecule has 0 spiro atoms. The minimum atomic E-state index is -5.04. The number of nitrogens with one attached hydrogen (secondary N) is 1. The number of aromatic nitrogens is 5. The lowest BCUT2D eigenvalue weighted by atomic mass is 10.0. The van der Waals surface area contributed by atoms with Crippen molar-refractivity contribution in [1.29, 1.82) is 0 Å². The van der Waals surface area contributed by atoms with Crippen molar-refractivity contribution in [2.45, 2.75) is 83.8 Å². The summed E-state index contributed by atoms with van der Waals surface area (Å²) in [5.74, 6) is -4.20. The quantitative estimate of drug-likeness (QED) is 0.0814. The zero-order valence-corrected chi connectivity index (χ0v) is 30.4. The number of aryl methyl sites for hydroxylation is 2. The Bertz CT molecular complexity index is 2150. The molecule has 0 radical (unpaired) electrons. The second kappa shape index (κ2) is 15.6. The molecule has 0 fully saturated rings. The van der Waals surface area contributed by atoms with Crippen LogP contribution in [0.3, 0.4) is 0 Å². The molecule has 0 aliphatic heterocycles. The number of nitrogens with zero attached hydrogens (tertiary/aromatic N) is 5. The number of hydrogen-bond donors (Lipinski definition) is 2. The number of halogens is 3. The van der Waals surface area contributed by atoms with Crippen LogP contribution in [0.15, 0.2) is 61.1 Å². The third kappa shape index (κ3) is 9.21. The highest BCUT2D eigenvalue weighted by Crippen LogP contribution is 2.40. The van der Waals surface area contributed by atoms with Crippen molar-refractivity contribution in [2.24, 2.45) is 7.05 Å². The second-order valence-electron chi connectivity index (χ2n) is 13.4. The Morgan fingerprint density at radius 1 is 1.02 bits per heavy atom. The van der Waals surface area contributed by atoms with E-state index in [1.807, 2.05) is 36.4 Å². The maximum atomic E-state index is 13.6. The van der Waals surface area contributed by atoms with E-state index in [2.05, 4.69) is 10.1 Å². The number of ether oxygens (including phenoxy) is 2. The van der Waals surface area contributed by atoms with E-state index in [4.69, 9.17) is 20.3 Å². The molecule has 0 aliphatic rings. The number of benzene rings is 2. The summed E-state index contributed by atoms with van der Waals surface area (Å²) in [4.78, 5) is 16.4. The molecular formula is C36H42F3N7O5S. The van der Waals surface area contributed by atoms with Crippen molar-refractivity contribution >= 4 is 38.4 Å². The minimum Gasteiger partial charge on any atom is -0.484 e. The van der Waals surface area contributed by atoms with Gasteiger partial charge in [0.15, 0.2) is 0 Å². The lowest BCUT2D eigenvalue weighted by Gasteiger charge is -2.19. The first-order valence-corrected chi connectivity index (χ1v) is 18.3. The van der Waals surface area contributed by atoms with Gasteiger partial charge in [0.2, 0.25) is 0 Å². The van der Waals surface area contributed by atoms with Crippen LogP contribution in [0.25, 0.3) is 33.3 Å². The van der Waals surface area contributed by atoms with Gasteiger partial charge in [-0.2, -0.15) is 19.0 Å². The molecule has 5 rings (SSSR count). The monoisotopic (exact) mass is 741 g/mol. The van der Waals surface area contributed by atoms with Crippen molar-refractivity contribution in [2.75, 3.05) is 10.5 Å². The first-order chi connectivity index (χ1) is 24.5. The number of nitrogens with two attached hydrogens (primary N) is 1. The Morgan fingerprint density at radius 2 is 1.73 bits per heavy atom. The van der Waals surface area contributed by atoms with E-state index in [0.29, 0.717) is 40.7 Å². The normalized spacial score (nSPS) is 12.7. The van der Waals surface area contributed by atoms with Gasteiger partial charge in [0.1, 0.15) is 34.8 Å². The molecule has 3 N–H and O–H groups in total. The van der Waals surface area contributed by atoms with E-state index in [-0.39, 0.29) is 23.2 Å². The Balaban J connectivity index is 1.39. The maximum absolute atomic E-state index is 13.6. The molecule has 16 heteroatoms. The predicted molar refractivity (Wildman–Crippen MR) is 192 cm³/mol. The number of sulfonamides is 1. The fraction of sp³-hybridized carbons (Fsp3) is 0.389. The SMILES string of the molecule is CC(Oc1cc(-c2nn(C)c3c(-c4cnn(CCCCCCC(=O)OC(C)(C)C)c4)cnc(N)c23)ccc1NS(=O)(=O)C(F)F)c1ccc(F)cc1. The van der Waals surface area contributed by atoms with Crippen LogP contribution in [-0.2, 0) is 33.1 Å². The number of unbranched alkanes of at least 4 members (excludes halogenated alkanes) is 3. The highest BCUT2D eigenvalue weighted by Gasteiger charge is 2.27. The van der Waals surface area contributed by atoms with Crippen LogP contribution in [0.5, 0.6) is 5.75 Å². The van der Waals surface area contributed by atoms with Gasteiger partial charge in [0, 0.05) is 49.1 Å². The fourth-order valence-electron chi connectivity index (χ4n) is 5.70. The van der Waals surface area contributed by atoms with E-state index in [1.54, 1.807) is 31.0 Å². The van der Waals surface area contributed by atoms with Crippen LogP contribution < -0.4 is 15.2 Å². The number of rotatable bonds is 15. The zero-order chi connectivity index (χ0) is 37.8. The molecular weight excluding hydrogens is 700 g/mol. The molecule has 1 unspecified atom stereocenters. The van der Waals surface area contributed by atoms with Gasteiger partial charge < -0.3 is 15.2 Å². The first-order valence-electron chi connectivity index (χ1n) is 16.7. The highest BCUT2D eigenvalue weighted by molar-refractivity contribution is 7.93. The fourth-order valence-corrected chi connectivity index (χ4v) is 6.27. The summed E-state index contributed by atoms with van der Waals surface area (Å²) < 4.78 is 81.3. The average Bonchev–Trinajstić information content (AvgIpc) is 3.68. The number of anilines is 2. The molecule has 3 aromatic heterocycles. The van der Waals surface area contributed by atoms with Gasteiger partial charge in [-0.3, -0.25) is 18.9 Å². The molecule has 0 bridgehead atoms. The third-order valence-corrected chi connectivity index (χ3v) is 9.13. The van der Waals surface area contributed by atoms with Crippen molar-refractivity contribution < 1.29 is 35.9 Å². The summed E-state index contributed by atoms with van der Waals surface area (Å²) >= 11 is 0. The van der Waals surface area contributed by atoms with Crippen LogP contribution >= 0.6 is 0 Å². The van der Waals surface area contributed by atoms with E-state index in [1.165, 1.54) is 42.5 Å². The van der Waals surface area contributed by atoms with Gasteiger partial charge in [0.05, 0.1) is 22.8 Å². The molecule has 3 heterocycles. The van der Waals surface area contributed by atoms with Crippen LogP contribution in [0.1, 0.15) is 71.5 Å². The summed E-state index contributed by atoms with van der Waals surface area (Å²) in [5.41, 5.74) is 9.27. The number of carbonyl (C=O) groups is 1. The van der Waals surface area contributed by atoms with Crippen molar-refractivity contribution in [3.05, 3.63) is 72.4 Å². The molecule has 0 saturated heterocycles. The van der Waals surface area contributed by atoms with Crippen molar-refractivity contribution in [3.63, 3.8) is 0 Å². The summed E-state index contributed by atoms with van der Waals surface area (Å²) in [6.07, 6.45) is 8.39. The van der Waals surface area contributed by atoms with Gasteiger partial charge in [-0.05, 0) is 70.4 Å². The molecule has 12 nitrogen and oxygen atoms in total. The minimum absolute atomic E-state index is 0.0637. The Kier molecular flexibility index (Phi) is 11.5. The van der Waals surface area contributed by atoms with Crippen molar-refractivity contribution in [1.82, 2.24) is 24.5 Å². The van der Waals surface area contributed by atoms with Crippen molar-refractivity contribution in [3.8, 4) is 28.1 Å². The molecule has 0 saturated carbocycles. The summed E-state index contributed by atoms with van der Waals surface area (Å²) in [6.45, 7) is 7.89. The molecule has 52 heavy (non-hydrogen) atoms. The smallest absolute Gasteiger partial charge is 0.355 e. The summed E-state index contributed by atoms with van der Waals surface area (Å²) in [5, 5.41) is 9.77. The lowest BCUT2D eigenvalue weighted by Crippen LogP contribution is -2.23. The van der Waals surface area contributed by atoms with Crippen LogP contribution in [0.4, 0.5) is 24.7 Å². The van der Waals surface area contributed by atoms with Gasteiger partial charge >= 0.3 is 11.7 Å². The van der Waals surface area contributed by atoms with E-state index < -0.39 is 33.3 Å². The number of carbonyl (C=O) groups excluding carboxylic acids is 1. The zero-order valence-electron chi connectivity index (χ0n) is 29.6. The predicted octanol–water partition coefficient (Wildman–Crippen LogP) is 7.62. The maximum Gasteiger partial charge on any atom is 0.355 e. The van der Waals surface area contributed by atoms with Gasteiger partial charge in [-0.15, -0.1) is 0 Å². The van der Waals surface area contributed by atoms with Gasteiger partial charge in [0.25, 0.3) is 10.0 Å². The number of alkyl halides is 2. The standard InChI is InChI=1S/C36H42F3N7O5S/c1-22(23-11-14-26(37)15-12-23)50-29-18-24(13-16-28(29)44-52(48,49)35(38)39)32-31-33(45(5)43-32)27(20-41-34(31)40)25-19-42-46(21-25)17-9-7-6-8-10-30(47)51-36(2,3)4/h11-16,18-22,35,44H,6-10,17H2,1-5H3,(H2,40,41). The Labute approximate surface area is 300 Å². The van der Waals surface area contributed by atoms with E-state index in [9.17, 15) is 26.4 Å². The molecule has 2 aromatic carbocycles. The number of fused-ring (bicyclic) bond motifs is 1. The lowest BCUT2D eigenvalue weighted by molar-refractivity contribution is -0.154. The number of hydrogen-bond acceptors (Lipinski definition) is 9. The average molecular weight is 742 g/mol. The van der Waals surface area contributed by atoms with E-state index in [0.717, 1.165) is 36.8 Å². The van der Waals surface area contributed by atoms with Gasteiger partial charge in [-0.25, -0.2) is 17.8 Å². The highest BCUT2D eigenvalue weighted by atomic mass is 32.2. The Hall–Kier alpha value is -5.12. The Morgan fingerprint density at radius 3 is 2.42 bits per heavy atom. The van der Waals surface area contributed by atoms with Gasteiger partial charge in [-0.1, -0.05) is 31.0 Å². The second-order valence-corrected chi connectivity index (χ2v) is 15.1. The van der Waals surface area contributed by atoms with E-state index >= 15 is 0 Å². The number of pyridine rings is 1. The number of nitrogen functional groups attached to an aromatic ring is 1. The van der Waals surface area contributed by atoms with Crippen LogP contribution in [-0.4, -0.2) is 50.3 Å². The molecule has 0 amide bonds. The largest absolute Gasteiger partial charge is 0.484 e. The third-order valence-electron chi connectivity index (χ3n) is 8.16.